The lowest BCUT2D eigenvalue weighted by Crippen LogP contribution is -2.41. The third kappa shape index (κ3) is 3.44. The molecule has 0 saturated carbocycles. The molecule has 2 aliphatic heterocycles. The Labute approximate surface area is 153 Å². The van der Waals surface area contributed by atoms with Gasteiger partial charge in [0.25, 0.3) is 5.89 Å². The maximum absolute atomic E-state index is 12.9. The monoisotopic (exact) mass is 355 g/mol. The number of nitrogens with zero attached hydrogens (tertiary/aromatic N) is 4. The molecule has 1 atom stereocenters. The summed E-state index contributed by atoms with van der Waals surface area (Å²) in [5, 5.41) is 7.01. The van der Waals surface area contributed by atoms with Gasteiger partial charge in [-0.3, -0.25) is 4.90 Å². The highest BCUT2D eigenvalue weighted by atomic mass is 16.5. The highest BCUT2D eigenvalue weighted by Gasteiger charge is 2.30. The molecular weight excluding hydrogens is 330 g/mol. The molecule has 0 aliphatic carbocycles. The number of benzene rings is 1. The molecule has 0 bridgehead atoms. The van der Waals surface area contributed by atoms with Gasteiger partial charge in [0.1, 0.15) is 0 Å². The maximum atomic E-state index is 12.9. The van der Waals surface area contributed by atoms with Crippen LogP contribution in [0.3, 0.4) is 0 Å². The van der Waals surface area contributed by atoms with Crippen LogP contribution in [0.4, 0.5) is 10.5 Å². The summed E-state index contributed by atoms with van der Waals surface area (Å²) in [4.78, 5) is 21.7. The molecule has 2 fully saturated rings. The maximum Gasteiger partial charge on any atom is 0.321 e. The zero-order valence-electron chi connectivity index (χ0n) is 15.1. The Morgan fingerprint density at radius 3 is 2.96 bits per heavy atom. The molecule has 0 spiro atoms. The van der Waals surface area contributed by atoms with Gasteiger partial charge in [0, 0.05) is 32.1 Å². The van der Waals surface area contributed by atoms with Crippen molar-refractivity contribution < 1.29 is 9.32 Å². The lowest BCUT2D eigenvalue weighted by Gasteiger charge is -2.26. The van der Waals surface area contributed by atoms with E-state index in [1.807, 2.05) is 36.1 Å². The van der Waals surface area contributed by atoms with Crippen molar-refractivity contribution in [3.05, 3.63) is 30.1 Å². The number of rotatable bonds is 3. The number of aromatic nitrogens is 2. The Balaban J connectivity index is 1.51. The minimum Gasteiger partial charge on any atom is -0.334 e. The lowest BCUT2D eigenvalue weighted by atomic mass is 10.1. The Hall–Kier alpha value is -2.41. The highest BCUT2D eigenvalue weighted by Crippen LogP contribution is 2.27. The Morgan fingerprint density at radius 2 is 2.12 bits per heavy atom. The van der Waals surface area contributed by atoms with E-state index in [2.05, 4.69) is 20.4 Å². The van der Waals surface area contributed by atoms with E-state index in [4.69, 9.17) is 4.52 Å². The van der Waals surface area contributed by atoms with Crippen molar-refractivity contribution in [2.45, 2.75) is 38.6 Å². The summed E-state index contributed by atoms with van der Waals surface area (Å²) < 4.78 is 5.35. The fraction of sp³-hybridized carbons (Fsp3) is 0.526. The van der Waals surface area contributed by atoms with Gasteiger partial charge in [-0.15, -0.1) is 0 Å². The number of aryl methyl sites for hydroxylation is 1. The SMILES string of the molecule is CCc1noc(-c2ccccc2NC(=O)N2CCCN3CCC[C@H]3C2)n1. The van der Waals surface area contributed by atoms with Crippen LogP contribution in [0.15, 0.2) is 28.8 Å². The molecule has 1 aromatic heterocycles. The van der Waals surface area contributed by atoms with Gasteiger partial charge in [-0.05, 0) is 37.9 Å². The van der Waals surface area contributed by atoms with Crippen molar-refractivity contribution in [1.82, 2.24) is 19.9 Å². The van der Waals surface area contributed by atoms with Crippen LogP contribution < -0.4 is 5.32 Å². The molecule has 2 saturated heterocycles. The summed E-state index contributed by atoms with van der Waals surface area (Å²) in [6, 6.07) is 8.02. The molecule has 7 heteroatoms. The number of hydrogen-bond donors (Lipinski definition) is 1. The Kier molecular flexibility index (Phi) is 4.88. The molecule has 26 heavy (non-hydrogen) atoms. The van der Waals surface area contributed by atoms with E-state index < -0.39 is 0 Å². The van der Waals surface area contributed by atoms with Gasteiger partial charge in [0.05, 0.1) is 11.3 Å². The first-order chi connectivity index (χ1) is 12.7. The molecule has 138 valence electrons. The zero-order valence-corrected chi connectivity index (χ0v) is 15.1. The molecular formula is C19H25N5O2. The standard InChI is InChI=1S/C19H25N5O2/c1-2-17-21-18(26-22-17)15-8-3-4-9-16(15)20-19(25)24-12-6-11-23-10-5-7-14(23)13-24/h3-4,8-9,14H,2,5-7,10-13H2,1H3,(H,20,25)/t14-/m0/s1. The van der Waals surface area contributed by atoms with E-state index in [1.54, 1.807) is 0 Å². The third-order valence-electron chi connectivity index (χ3n) is 5.27. The summed E-state index contributed by atoms with van der Waals surface area (Å²) in [6.07, 6.45) is 4.15. The minimum absolute atomic E-state index is 0.0542. The normalized spacial score (nSPS) is 20.7. The van der Waals surface area contributed by atoms with Crippen molar-refractivity contribution in [3.8, 4) is 11.5 Å². The number of fused-ring (bicyclic) bond motifs is 1. The number of hydrogen-bond acceptors (Lipinski definition) is 5. The molecule has 7 nitrogen and oxygen atoms in total. The van der Waals surface area contributed by atoms with E-state index in [9.17, 15) is 4.79 Å². The summed E-state index contributed by atoms with van der Waals surface area (Å²) in [7, 11) is 0. The average molecular weight is 355 g/mol. The second-order valence-corrected chi connectivity index (χ2v) is 6.98. The second kappa shape index (κ2) is 7.45. The number of amides is 2. The fourth-order valence-electron chi connectivity index (χ4n) is 3.87. The smallest absolute Gasteiger partial charge is 0.321 e. The topological polar surface area (TPSA) is 74.5 Å². The van der Waals surface area contributed by atoms with Crippen LogP contribution in [-0.4, -0.2) is 58.2 Å². The fourth-order valence-corrected chi connectivity index (χ4v) is 3.87. The molecule has 4 rings (SSSR count). The van der Waals surface area contributed by atoms with Crippen LogP contribution in [0, 0.1) is 0 Å². The van der Waals surface area contributed by atoms with Gasteiger partial charge >= 0.3 is 6.03 Å². The molecule has 2 aromatic rings. The summed E-state index contributed by atoms with van der Waals surface area (Å²) in [6.45, 7) is 5.83. The largest absolute Gasteiger partial charge is 0.334 e. The Morgan fingerprint density at radius 1 is 1.27 bits per heavy atom. The molecule has 2 aliphatic rings. The molecule has 1 aromatic carbocycles. The molecule has 0 unspecified atom stereocenters. The molecule has 2 amide bonds. The zero-order chi connectivity index (χ0) is 17.9. The van der Waals surface area contributed by atoms with Gasteiger partial charge in [-0.25, -0.2) is 4.79 Å². The van der Waals surface area contributed by atoms with Crippen LogP contribution in [0.25, 0.3) is 11.5 Å². The van der Waals surface area contributed by atoms with Crippen molar-refractivity contribution >= 4 is 11.7 Å². The second-order valence-electron chi connectivity index (χ2n) is 6.98. The van der Waals surface area contributed by atoms with E-state index in [0.717, 1.165) is 31.6 Å². The van der Waals surface area contributed by atoms with Crippen LogP contribution in [0.2, 0.25) is 0 Å². The average Bonchev–Trinajstić information content (AvgIpc) is 3.27. The van der Waals surface area contributed by atoms with Gasteiger partial charge in [-0.1, -0.05) is 24.2 Å². The predicted molar refractivity (Wildman–Crippen MR) is 98.9 cm³/mol. The van der Waals surface area contributed by atoms with E-state index in [1.165, 1.54) is 19.4 Å². The van der Waals surface area contributed by atoms with Crippen LogP contribution in [-0.2, 0) is 6.42 Å². The molecule has 0 radical (unpaired) electrons. The van der Waals surface area contributed by atoms with Crippen molar-refractivity contribution in [2.75, 3.05) is 31.5 Å². The third-order valence-corrected chi connectivity index (χ3v) is 5.27. The summed E-state index contributed by atoms with van der Waals surface area (Å²) in [5.74, 6) is 1.10. The van der Waals surface area contributed by atoms with Gasteiger partial charge < -0.3 is 14.7 Å². The van der Waals surface area contributed by atoms with Crippen molar-refractivity contribution in [1.29, 1.82) is 0 Å². The molecule has 3 heterocycles. The highest BCUT2D eigenvalue weighted by molar-refractivity contribution is 5.93. The lowest BCUT2D eigenvalue weighted by molar-refractivity contribution is 0.200. The number of anilines is 1. The first kappa shape index (κ1) is 17.0. The van der Waals surface area contributed by atoms with Crippen LogP contribution in [0.1, 0.15) is 32.0 Å². The van der Waals surface area contributed by atoms with Gasteiger partial charge in [0.2, 0.25) is 0 Å². The first-order valence-electron chi connectivity index (χ1n) is 9.46. The number of carbonyl (C=O) groups excluding carboxylic acids is 1. The van der Waals surface area contributed by atoms with E-state index in [-0.39, 0.29) is 6.03 Å². The first-order valence-corrected chi connectivity index (χ1v) is 9.46. The molecule has 1 N–H and O–H groups in total. The number of para-hydroxylation sites is 1. The van der Waals surface area contributed by atoms with Crippen molar-refractivity contribution in [3.63, 3.8) is 0 Å². The van der Waals surface area contributed by atoms with Crippen LogP contribution in [0.5, 0.6) is 0 Å². The quantitative estimate of drug-likeness (QED) is 0.916. The van der Waals surface area contributed by atoms with E-state index in [0.29, 0.717) is 29.9 Å². The number of nitrogens with one attached hydrogen (secondary N) is 1. The minimum atomic E-state index is -0.0542. The van der Waals surface area contributed by atoms with Gasteiger partial charge in [-0.2, -0.15) is 4.98 Å². The van der Waals surface area contributed by atoms with Crippen LogP contribution >= 0.6 is 0 Å². The van der Waals surface area contributed by atoms with E-state index >= 15 is 0 Å². The van der Waals surface area contributed by atoms with Gasteiger partial charge in [0.15, 0.2) is 5.82 Å². The number of urea groups is 1. The Bertz CT molecular complexity index is 775. The number of carbonyl (C=O) groups is 1. The van der Waals surface area contributed by atoms with Crippen molar-refractivity contribution in [2.24, 2.45) is 0 Å². The summed E-state index contributed by atoms with van der Waals surface area (Å²) in [5.41, 5.74) is 1.46. The predicted octanol–water partition coefficient (Wildman–Crippen LogP) is 3.00. The summed E-state index contributed by atoms with van der Waals surface area (Å²) >= 11 is 0.